The Morgan fingerprint density at radius 3 is 2.81 bits per heavy atom. The summed E-state index contributed by atoms with van der Waals surface area (Å²) < 4.78 is 5.51. The van der Waals surface area contributed by atoms with Crippen LogP contribution in [0.1, 0.15) is 25.8 Å². The van der Waals surface area contributed by atoms with Crippen LogP contribution < -0.4 is 4.74 Å². The van der Waals surface area contributed by atoms with Crippen molar-refractivity contribution in [2.75, 3.05) is 0 Å². The van der Waals surface area contributed by atoms with Crippen molar-refractivity contribution in [1.82, 2.24) is 0 Å². The van der Waals surface area contributed by atoms with Crippen LogP contribution in [0.3, 0.4) is 0 Å². The minimum absolute atomic E-state index is 0.461. The maximum Gasteiger partial charge on any atom is 0.184 e. The highest BCUT2D eigenvalue weighted by atomic mass is 16.5. The van der Waals surface area contributed by atoms with E-state index in [9.17, 15) is 0 Å². The first kappa shape index (κ1) is 12.1. The Bertz CT molecular complexity index is 421. The largest absolute Gasteiger partial charge is 0.475 e. The summed E-state index contributed by atoms with van der Waals surface area (Å²) in [6.45, 7) is 3.55. The molecular weight excluding hydrogens is 204 g/mol. The number of para-hydroxylation sites is 1. The molecule has 84 valence electrons. The van der Waals surface area contributed by atoms with E-state index in [0.717, 1.165) is 0 Å². The molecule has 0 spiro atoms. The normalized spacial score (nSPS) is 12.9. The van der Waals surface area contributed by atoms with Gasteiger partial charge in [0.25, 0.3) is 0 Å². The van der Waals surface area contributed by atoms with E-state index in [0.29, 0.717) is 23.4 Å². The van der Waals surface area contributed by atoms with E-state index in [-0.39, 0.29) is 0 Å². The molecule has 4 heteroatoms. The van der Waals surface area contributed by atoms with Gasteiger partial charge in [-0.15, -0.1) is 0 Å². The van der Waals surface area contributed by atoms with Crippen molar-refractivity contribution in [3.8, 4) is 11.8 Å². The molecule has 0 aliphatic carbocycles. The number of benzene rings is 1. The number of rotatable bonds is 4. The van der Waals surface area contributed by atoms with Crippen molar-refractivity contribution in [1.29, 1.82) is 5.26 Å². The van der Waals surface area contributed by atoms with Gasteiger partial charge >= 0.3 is 0 Å². The fourth-order valence-corrected chi connectivity index (χ4v) is 1.28. The van der Waals surface area contributed by atoms with Gasteiger partial charge in [0.1, 0.15) is 11.8 Å². The zero-order valence-corrected chi connectivity index (χ0v) is 9.34. The van der Waals surface area contributed by atoms with E-state index in [4.69, 9.17) is 15.2 Å². The van der Waals surface area contributed by atoms with Crippen molar-refractivity contribution >= 4 is 5.71 Å². The molecule has 1 rings (SSSR count). The first-order valence-corrected chi connectivity index (χ1v) is 5.07. The molecule has 0 radical (unpaired) electrons. The Balaban J connectivity index is 3.01. The van der Waals surface area contributed by atoms with Gasteiger partial charge in [-0.25, -0.2) is 0 Å². The van der Waals surface area contributed by atoms with Crippen LogP contribution in [0.2, 0.25) is 0 Å². The molecule has 4 nitrogen and oxygen atoms in total. The first-order chi connectivity index (χ1) is 7.72. The van der Waals surface area contributed by atoms with Gasteiger partial charge in [0, 0.05) is 5.56 Å². The maximum absolute atomic E-state index is 8.82. The minimum atomic E-state index is -0.479. The second-order valence-corrected chi connectivity index (χ2v) is 3.33. The highest BCUT2D eigenvalue weighted by Gasteiger charge is 2.11. The molecule has 1 unspecified atom stereocenters. The monoisotopic (exact) mass is 218 g/mol. The number of hydrogen-bond donors (Lipinski definition) is 1. The molecule has 0 amide bonds. The first-order valence-electron chi connectivity index (χ1n) is 5.07. The zero-order chi connectivity index (χ0) is 12.0. The Kier molecular flexibility index (Phi) is 4.34. The molecule has 0 saturated heterocycles. The minimum Gasteiger partial charge on any atom is -0.475 e. The van der Waals surface area contributed by atoms with Gasteiger partial charge in [0.2, 0.25) is 0 Å². The van der Waals surface area contributed by atoms with Gasteiger partial charge in [0.15, 0.2) is 6.10 Å². The summed E-state index contributed by atoms with van der Waals surface area (Å²) in [6.07, 6.45) is 0.132. The third kappa shape index (κ3) is 2.74. The van der Waals surface area contributed by atoms with Crippen molar-refractivity contribution in [2.45, 2.75) is 26.4 Å². The van der Waals surface area contributed by atoms with Crippen LogP contribution in [0.5, 0.6) is 5.75 Å². The zero-order valence-electron chi connectivity index (χ0n) is 9.34. The molecule has 0 aromatic heterocycles. The predicted octanol–water partition coefficient (Wildman–Crippen LogP) is 2.57. The van der Waals surface area contributed by atoms with Crippen molar-refractivity contribution in [3.05, 3.63) is 29.8 Å². The fraction of sp³-hybridized carbons (Fsp3) is 0.333. The lowest BCUT2D eigenvalue weighted by Crippen LogP contribution is -2.14. The van der Waals surface area contributed by atoms with Crippen LogP contribution in [0.4, 0.5) is 0 Å². The van der Waals surface area contributed by atoms with Crippen LogP contribution in [0, 0.1) is 11.3 Å². The summed E-state index contributed by atoms with van der Waals surface area (Å²) in [4.78, 5) is 0. The van der Waals surface area contributed by atoms with Crippen LogP contribution in [0.25, 0.3) is 0 Å². The lowest BCUT2D eigenvalue weighted by Gasteiger charge is -2.13. The summed E-state index contributed by atoms with van der Waals surface area (Å²) in [6, 6.07) is 9.24. The summed E-state index contributed by atoms with van der Waals surface area (Å²) in [5, 5.41) is 20.7. The summed E-state index contributed by atoms with van der Waals surface area (Å²) in [7, 11) is 0. The standard InChI is InChI=1S/C12H14N2O2/c1-3-10(8-13)16-12-7-5-4-6-11(12)9(2)14-15/h4-7,10,15H,3H2,1-2H3/b14-9+. The Morgan fingerprint density at radius 2 is 2.25 bits per heavy atom. The molecule has 0 fully saturated rings. The topological polar surface area (TPSA) is 65.6 Å². The second-order valence-electron chi connectivity index (χ2n) is 3.33. The van der Waals surface area contributed by atoms with E-state index < -0.39 is 6.10 Å². The molecule has 0 aliphatic rings. The number of nitriles is 1. The third-order valence-corrected chi connectivity index (χ3v) is 2.21. The lowest BCUT2D eigenvalue weighted by atomic mass is 10.1. The average Bonchev–Trinajstić information content (AvgIpc) is 2.35. The van der Waals surface area contributed by atoms with Crippen LogP contribution in [0.15, 0.2) is 29.4 Å². The molecule has 1 aromatic rings. The molecule has 0 heterocycles. The van der Waals surface area contributed by atoms with Crippen molar-refractivity contribution in [2.24, 2.45) is 5.16 Å². The van der Waals surface area contributed by atoms with Crippen molar-refractivity contribution < 1.29 is 9.94 Å². The Labute approximate surface area is 94.8 Å². The van der Waals surface area contributed by atoms with Crippen LogP contribution in [-0.4, -0.2) is 17.0 Å². The number of nitrogens with zero attached hydrogens (tertiary/aromatic N) is 2. The SMILES string of the molecule is CCC(C#N)Oc1ccccc1/C(C)=N/O. The third-order valence-electron chi connectivity index (χ3n) is 2.21. The van der Waals surface area contributed by atoms with Gasteiger partial charge in [-0.05, 0) is 25.5 Å². The van der Waals surface area contributed by atoms with E-state index in [1.54, 1.807) is 19.1 Å². The van der Waals surface area contributed by atoms with Gasteiger partial charge in [0.05, 0.1) is 5.71 Å². The molecule has 1 atom stereocenters. The van der Waals surface area contributed by atoms with Gasteiger partial charge < -0.3 is 9.94 Å². The summed E-state index contributed by atoms with van der Waals surface area (Å²) in [5.41, 5.74) is 1.15. The molecular formula is C12H14N2O2. The smallest absolute Gasteiger partial charge is 0.184 e. The quantitative estimate of drug-likeness (QED) is 0.480. The van der Waals surface area contributed by atoms with E-state index >= 15 is 0 Å². The number of oxime groups is 1. The summed E-state index contributed by atoms with van der Waals surface area (Å²) in [5.74, 6) is 0.561. The molecule has 0 saturated carbocycles. The molecule has 16 heavy (non-hydrogen) atoms. The van der Waals surface area contributed by atoms with E-state index in [2.05, 4.69) is 11.2 Å². The van der Waals surface area contributed by atoms with E-state index in [1.165, 1.54) is 0 Å². The molecule has 1 aromatic carbocycles. The predicted molar refractivity (Wildman–Crippen MR) is 60.8 cm³/mol. The maximum atomic E-state index is 8.82. The lowest BCUT2D eigenvalue weighted by molar-refractivity contribution is 0.251. The Hall–Kier alpha value is -2.02. The van der Waals surface area contributed by atoms with Gasteiger partial charge in [-0.2, -0.15) is 5.26 Å². The highest BCUT2D eigenvalue weighted by Crippen LogP contribution is 2.20. The summed E-state index contributed by atoms with van der Waals surface area (Å²) >= 11 is 0. The van der Waals surface area contributed by atoms with Gasteiger partial charge in [-0.3, -0.25) is 0 Å². The van der Waals surface area contributed by atoms with E-state index in [1.807, 2.05) is 19.1 Å². The Morgan fingerprint density at radius 1 is 1.56 bits per heavy atom. The fourth-order valence-electron chi connectivity index (χ4n) is 1.28. The second kappa shape index (κ2) is 5.76. The molecule has 0 aliphatic heterocycles. The highest BCUT2D eigenvalue weighted by molar-refractivity contribution is 6.00. The van der Waals surface area contributed by atoms with Crippen molar-refractivity contribution in [3.63, 3.8) is 0 Å². The number of ether oxygens (including phenoxy) is 1. The van der Waals surface area contributed by atoms with Crippen LogP contribution >= 0.6 is 0 Å². The molecule has 1 N–H and O–H groups in total. The molecule has 0 bridgehead atoms. The van der Waals surface area contributed by atoms with Gasteiger partial charge in [-0.1, -0.05) is 24.2 Å². The average molecular weight is 218 g/mol. The van der Waals surface area contributed by atoms with Crippen LogP contribution in [-0.2, 0) is 0 Å². The number of hydrogen-bond acceptors (Lipinski definition) is 4.